The zero-order valence-corrected chi connectivity index (χ0v) is 16.6. The van der Waals surface area contributed by atoms with E-state index in [2.05, 4.69) is 27.7 Å². The fraction of sp³-hybridized carbons (Fsp3) is 0.850. The molecule has 1 heterocycles. The van der Waals surface area contributed by atoms with E-state index in [1.807, 2.05) is 0 Å². The first kappa shape index (κ1) is 21.7. The van der Waals surface area contributed by atoms with Gasteiger partial charge < -0.3 is 0 Å². The summed E-state index contributed by atoms with van der Waals surface area (Å²) in [6.45, 7) is 9.38. The zero-order chi connectivity index (χ0) is 18.8. The van der Waals surface area contributed by atoms with E-state index in [1.165, 1.54) is 9.80 Å². The third-order valence-corrected chi connectivity index (χ3v) is 5.33. The van der Waals surface area contributed by atoms with E-state index >= 15 is 0 Å². The third-order valence-electron chi connectivity index (χ3n) is 5.33. The van der Waals surface area contributed by atoms with Crippen LogP contribution in [0.3, 0.4) is 0 Å². The van der Waals surface area contributed by atoms with Gasteiger partial charge in [0.15, 0.2) is 0 Å². The van der Waals surface area contributed by atoms with E-state index in [9.17, 15) is 14.4 Å². The minimum atomic E-state index is -0.397. The maximum absolute atomic E-state index is 12.8. The number of urea groups is 1. The van der Waals surface area contributed by atoms with Gasteiger partial charge in [0.25, 0.3) is 0 Å². The average Bonchev–Trinajstić information content (AvgIpc) is 2.60. The highest BCUT2D eigenvalue weighted by Crippen LogP contribution is 2.22. The van der Waals surface area contributed by atoms with Gasteiger partial charge in [-0.2, -0.15) is 0 Å². The molecule has 0 N–H and O–H groups in total. The van der Waals surface area contributed by atoms with Gasteiger partial charge in [-0.15, -0.1) is 0 Å². The quantitative estimate of drug-likeness (QED) is 0.482. The summed E-state index contributed by atoms with van der Waals surface area (Å²) in [4.78, 5) is 40.0. The van der Waals surface area contributed by atoms with Crippen molar-refractivity contribution < 1.29 is 14.4 Å². The van der Waals surface area contributed by atoms with Crippen LogP contribution in [0.5, 0.6) is 0 Å². The first-order valence-electron chi connectivity index (χ1n) is 10.1. The molecule has 0 saturated carbocycles. The van der Waals surface area contributed by atoms with Gasteiger partial charge in [-0.3, -0.25) is 19.4 Å². The van der Waals surface area contributed by atoms with Crippen LogP contribution in [0.2, 0.25) is 0 Å². The minimum absolute atomic E-state index is 0.167. The molecule has 4 amide bonds. The smallest absolute Gasteiger partial charge is 0.274 e. The topological polar surface area (TPSA) is 57.7 Å². The molecule has 1 aliphatic rings. The number of carbonyl (C=O) groups is 3. The standard InChI is InChI=1S/C20H36N2O3/c1-5-9-11-16(7-3)14-21-18(23)13-19(24)22(20(21)25)15-17(8-4)12-10-6-2/h16-17H,5-15H2,1-4H3. The Hall–Kier alpha value is -1.39. The van der Waals surface area contributed by atoms with Crippen molar-refractivity contribution in [2.75, 3.05) is 13.1 Å². The zero-order valence-electron chi connectivity index (χ0n) is 16.6. The molecule has 1 saturated heterocycles. The summed E-state index contributed by atoms with van der Waals surface area (Å²) in [5.41, 5.74) is 0. The van der Waals surface area contributed by atoms with Crippen LogP contribution in [0, 0.1) is 11.8 Å². The predicted octanol–water partition coefficient (Wildman–Crippen LogP) is 4.60. The number of rotatable bonds is 12. The van der Waals surface area contributed by atoms with Gasteiger partial charge in [0.2, 0.25) is 11.8 Å². The molecule has 2 atom stereocenters. The number of imide groups is 2. The van der Waals surface area contributed by atoms with Crippen LogP contribution in [0.1, 0.15) is 85.5 Å². The fourth-order valence-corrected chi connectivity index (χ4v) is 3.39. The Morgan fingerprint density at radius 1 is 0.760 bits per heavy atom. The number of hydrogen-bond acceptors (Lipinski definition) is 3. The Morgan fingerprint density at radius 2 is 1.16 bits per heavy atom. The summed E-state index contributed by atoms with van der Waals surface area (Å²) in [7, 11) is 0. The molecule has 0 bridgehead atoms. The molecule has 5 nitrogen and oxygen atoms in total. The molecule has 5 heteroatoms. The van der Waals surface area contributed by atoms with E-state index in [-0.39, 0.29) is 18.2 Å². The number of unbranched alkanes of at least 4 members (excludes halogenated alkanes) is 2. The highest BCUT2D eigenvalue weighted by atomic mass is 16.2. The third kappa shape index (κ3) is 6.44. The lowest BCUT2D eigenvalue weighted by Crippen LogP contribution is -2.57. The van der Waals surface area contributed by atoms with E-state index in [1.54, 1.807) is 0 Å². The first-order valence-corrected chi connectivity index (χ1v) is 10.1. The van der Waals surface area contributed by atoms with Crippen molar-refractivity contribution >= 4 is 17.8 Å². The molecule has 1 fully saturated rings. The van der Waals surface area contributed by atoms with Gasteiger partial charge in [-0.25, -0.2) is 4.79 Å². The number of nitrogens with zero attached hydrogens (tertiary/aromatic N) is 2. The molecule has 0 spiro atoms. The molecule has 1 rings (SSSR count). The van der Waals surface area contributed by atoms with Gasteiger partial charge in [-0.1, -0.05) is 66.2 Å². The summed E-state index contributed by atoms with van der Waals surface area (Å²) < 4.78 is 0. The Morgan fingerprint density at radius 3 is 1.48 bits per heavy atom. The molecule has 25 heavy (non-hydrogen) atoms. The Bertz CT molecular complexity index is 412. The second-order valence-corrected chi connectivity index (χ2v) is 7.30. The van der Waals surface area contributed by atoms with Crippen LogP contribution in [-0.4, -0.2) is 40.7 Å². The largest absolute Gasteiger partial charge is 0.333 e. The van der Waals surface area contributed by atoms with Gasteiger partial charge in [-0.05, 0) is 24.7 Å². The summed E-state index contributed by atoms with van der Waals surface area (Å²) in [5, 5.41) is 0. The van der Waals surface area contributed by atoms with Crippen LogP contribution in [0.15, 0.2) is 0 Å². The SMILES string of the molecule is CCCCC(CC)CN1C(=O)CC(=O)N(CC(CC)CCCC)C1=O. The maximum atomic E-state index is 12.8. The van der Waals surface area contributed by atoms with E-state index < -0.39 is 6.03 Å². The molecule has 0 radical (unpaired) electrons. The molecular weight excluding hydrogens is 316 g/mol. The van der Waals surface area contributed by atoms with Crippen LogP contribution >= 0.6 is 0 Å². The summed E-state index contributed by atoms with van der Waals surface area (Å²) in [6, 6.07) is -0.397. The van der Waals surface area contributed by atoms with Crippen LogP contribution in [0.25, 0.3) is 0 Å². The number of barbiturate groups is 1. The van der Waals surface area contributed by atoms with Gasteiger partial charge in [0.05, 0.1) is 0 Å². The molecule has 144 valence electrons. The Balaban J connectivity index is 2.78. The monoisotopic (exact) mass is 352 g/mol. The summed E-state index contributed by atoms with van der Waals surface area (Å²) in [6.07, 6.45) is 8.19. The van der Waals surface area contributed by atoms with Crippen molar-refractivity contribution in [1.82, 2.24) is 9.80 Å². The second-order valence-electron chi connectivity index (χ2n) is 7.30. The molecular formula is C20H36N2O3. The predicted molar refractivity (Wildman–Crippen MR) is 100 cm³/mol. The van der Waals surface area contributed by atoms with Crippen molar-refractivity contribution in [1.29, 1.82) is 0 Å². The maximum Gasteiger partial charge on any atom is 0.333 e. The fourth-order valence-electron chi connectivity index (χ4n) is 3.39. The van der Waals surface area contributed by atoms with Crippen molar-refractivity contribution in [3.8, 4) is 0 Å². The minimum Gasteiger partial charge on any atom is -0.274 e. The highest BCUT2D eigenvalue weighted by Gasteiger charge is 2.39. The normalized spacial score (nSPS) is 18.0. The van der Waals surface area contributed by atoms with Crippen molar-refractivity contribution in [2.24, 2.45) is 11.8 Å². The number of carbonyl (C=O) groups excluding carboxylic acids is 3. The summed E-state index contributed by atoms with van der Waals surface area (Å²) >= 11 is 0. The molecule has 0 aromatic rings. The molecule has 0 aliphatic carbocycles. The van der Waals surface area contributed by atoms with Crippen LogP contribution < -0.4 is 0 Å². The second kappa shape index (κ2) is 11.3. The Labute approximate surface area is 153 Å². The van der Waals surface area contributed by atoms with Gasteiger partial charge in [0, 0.05) is 13.1 Å². The van der Waals surface area contributed by atoms with Crippen LogP contribution in [0.4, 0.5) is 4.79 Å². The lowest BCUT2D eigenvalue weighted by atomic mass is 9.97. The molecule has 2 unspecified atom stereocenters. The number of amides is 4. The van der Waals surface area contributed by atoms with Crippen molar-refractivity contribution in [3.63, 3.8) is 0 Å². The Kier molecular flexibility index (Phi) is 9.76. The van der Waals surface area contributed by atoms with Crippen LogP contribution in [-0.2, 0) is 9.59 Å². The van der Waals surface area contributed by atoms with E-state index in [4.69, 9.17) is 0 Å². The highest BCUT2D eigenvalue weighted by molar-refractivity contribution is 6.14. The average molecular weight is 353 g/mol. The summed E-state index contributed by atoms with van der Waals surface area (Å²) in [5.74, 6) is -0.0134. The lowest BCUT2D eigenvalue weighted by Gasteiger charge is -2.36. The van der Waals surface area contributed by atoms with Crippen molar-refractivity contribution in [3.05, 3.63) is 0 Å². The molecule has 0 aromatic carbocycles. The van der Waals surface area contributed by atoms with E-state index in [0.29, 0.717) is 24.9 Å². The molecule has 0 aromatic heterocycles. The van der Waals surface area contributed by atoms with Gasteiger partial charge >= 0.3 is 6.03 Å². The number of hydrogen-bond donors (Lipinski definition) is 0. The van der Waals surface area contributed by atoms with Crippen molar-refractivity contribution in [2.45, 2.75) is 85.5 Å². The van der Waals surface area contributed by atoms with Gasteiger partial charge in [0.1, 0.15) is 6.42 Å². The lowest BCUT2D eigenvalue weighted by molar-refractivity contribution is -0.143. The molecule has 1 aliphatic heterocycles. The van der Waals surface area contributed by atoms with E-state index in [0.717, 1.165) is 51.4 Å². The first-order chi connectivity index (χ1) is 12.0.